The summed E-state index contributed by atoms with van der Waals surface area (Å²) in [6.45, 7) is 10.1. The standard InChI is InChI=1S/C27H35NO7/c1-16-15-21(35-27(31)23-17(2)14-20(32-5)18(3)24(23)33-6)19(4)25(22(16)26(29)30)34-13-12-28-10-8-7-9-11-28/h14-15H,7-13H2,1-6H3,(H,29,30). The van der Waals surface area contributed by atoms with Gasteiger partial charge in [0.05, 0.1) is 14.2 Å². The van der Waals surface area contributed by atoms with Crippen LogP contribution in [0.1, 0.15) is 62.2 Å². The zero-order valence-corrected chi connectivity index (χ0v) is 21.4. The average molecular weight is 486 g/mol. The van der Waals surface area contributed by atoms with E-state index >= 15 is 0 Å². The summed E-state index contributed by atoms with van der Waals surface area (Å²) < 4.78 is 22.7. The van der Waals surface area contributed by atoms with Gasteiger partial charge in [-0.2, -0.15) is 0 Å². The van der Waals surface area contributed by atoms with Crippen molar-refractivity contribution in [3.63, 3.8) is 0 Å². The second-order valence-corrected chi connectivity index (χ2v) is 8.90. The summed E-state index contributed by atoms with van der Waals surface area (Å²) in [6.07, 6.45) is 3.57. The highest BCUT2D eigenvalue weighted by Crippen LogP contribution is 2.38. The molecule has 0 aromatic heterocycles. The molecule has 0 radical (unpaired) electrons. The number of piperidine rings is 1. The Morgan fingerprint density at radius 3 is 2.06 bits per heavy atom. The second kappa shape index (κ2) is 11.4. The van der Waals surface area contributed by atoms with E-state index in [2.05, 4.69) is 4.90 Å². The van der Waals surface area contributed by atoms with Crippen molar-refractivity contribution in [3.8, 4) is 23.0 Å². The van der Waals surface area contributed by atoms with Gasteiger partial charge in [-0.05, 0) is 76.9 Å². The number of aromatic carboxylic acids is 1. The molecule has 3 rings (SSSR count). The van der Waals surface area contributed by atoms with E-state index in [0.717, 1.165) is 25.9 Å². The molecule has 0 saturated carbocycles. The van der Waals surface area contributed by atoms with Gasteiger partial charge in [-0.15, -0.1) is 0 Å². The minimum absolute atomic E-state index is 0.0787. The van der Waals surface area contributed by atoms with E-state index in [0.29, 0.717) is 46.9 Å². The molecule has 0 unspecified atom stereocenters. The Morgan fingerprint density at radius 2 is 1.46 bits per heavy atom. The van der Waals surface area contributed by atoms with Gasteiger partial charge in [-0.25, -0.2) is 9.59 Å². The number of carbonyl (C=O) groups is 2. The molecule has 0 spiro atoms. The minimum atomic E-state index is -1.08. The number of nitrogens with zero attached hydrogens (tertiary/aromatic N) is 1. The number of benzene rings is 2. The number of carbonyl (C=O) groups excluding carboxylic acids is 1. The first-order chi connectivity index (χ1) is 16.7. The Labute approximate surface area is 206 Å². The van der Waals surface area contributed by atoms with Gasteiger partial charge in [0.25, 0.3) is 0 Å². The van der Waals surface area contributed by atoms with Crippen LogP contribution < -0.4 is 18.9 Å². The fourth-order valence-electron chi connectivity index (χ4n) is 4.59. The molecule has 1 fully saturated rings. The molecular formula is C27H35NO7. The summed E-state index contributed by atoms with van der Waals surface area (Å²) in [5.74, 6) is -0.221. The van der Waals surface area contributed by atoms with Crippen molar-refractivity contribution >= 4 is 11.9 Å². The molecule has 190 valence electrons. The van der Waals surface area contributed by atoms with E-state index in [9.17, 15) is 14.7 Å². The number of rotatable bonds is 9. The molecule has 2 aromatic rings. The Kier molecular flexibility index (Phi) is 8.62. The van der Waals surface area contributed by atoms with Crippen LogP contribution in [-0.2, 0) is 0 Å². The molecular weight excluding hydrogens is 450 g/mol. The summed E-state index contributed by atoms with van der Waals surface area (Å²) in [5.41, 5.74) is 2.61. The van der Waals surface area contributed by atoms with E-state index in [4.69, 9.17) is 18.9 Å². The van der Waals surface area contributed by atoms with Gasteiger partial charge >= 0.3 is 11.9 Å². The number of methoxy groups -OCH3 is 2. The molecule has 0 bridgehead atoms. The third-order valence-corrected chi connectivity index (χ3v) is 6.51. The van der Waals surface area contributed by atoms with Gasteiger partial charge in [0.15, 0.2) is 0 Å². The quantitative estimate of drug-likeness (QED) is 0.403. The Balaban J connectivity index is 1.92. The lowest BCUT2D eigenvalue weighted by Crippen LogP contribution is -2.33. The van der Waals surface area contributed by atoms with Crippen LogP contribution in [0.15, 0.2) is 12.1 Å². The molecule has 8 nitrogen and oxygen atoms in total. The largest absolute Gasteiger partial charge is 0.496 e. The lowest BCUT2D eigenvalue weighted by atomic mass is 10.0. The van der Waals surface area contributed by atoms with Crippen LogP contribution >= 0.6 is 0 Å². The molecule has 1 aliphatic rings. The van der Waals surface area contributed by atoms with Crippen molar-refractivity contribution < 1.29 is 33.6 Å². The Bertz CT molecular complexity index is 1100. The molecule has 8 heteroatoms. The maximum atomic E-state index is 13.3. The van der Waals surface area contributed by atoms with Crippen molar-refractivity contribution in [2.75, 3.05) is 40.5 Å². The highest BCUT2D eigenvalue weighted by atomic mass is 16.5. The first-order valence-electron chi connectivity index (χ1n) is 11.9. The fraction of sp³-hybridized carbons (Fsp3) is 0.481. The molecule has 1 saturated heterocycles. The molecule has 35 heavy (non-hydrogen) atoms. The van der Waals surface area contributed by atoms with E-state index in [1.807, 2.05) is 0 Å². The molecule has 2 aromatic carbocycles. The van der Waals surface area contributed by atoms with Gasteiger partial charge in [0, 0.05) is 17.7 Å². The van der Waals surface area contributed by atoms with Gasteiger partial charge in [0.2, 0.25) is 0 Å². The van der Waals surface area contributed by atoms with Gasteiger partial charge in [-0.3, -0.25) is 4.90 Å². The smallest absolute Gasteiger partial charge is 0.347 e. The lowest BCUT2D eigenvalue weighted by molar-refractivity contribution is 0.0690. The second-order valence-electron chi connectivity index (χ2n) is 8.90. The molecule has 1 aliphatic heterocycles. The molecule has 1 heterocycles. The average Bonchev–Trinajstić information content (AvgIpc) is 2.83. The Hall–Kier alpha value is -3.26. The topological polar surface area (TPSA) is 94.5 Å². The highest BCUT2D eigenvalue weighted by Gasteiger charge is 2.26. The van der Waals surface area contributed by atoms with Crippen molar-refractivity contribution in [1.29, 1.82) is 0 Å². The number of likely N-dealkylation sites (tertiary alicyclic amines) is 1. The predicted octanol–water partition coefficient (Wildman–Crippen LogP) is 4.72. The zero-order valence-electron chi connectivity index (χ0n) is 21.4. The third-order valence-electron chi connectivity index (χ3n) is 6.51. The normalized spacial score (nSPS) is 13.9. The summed E-state index contributed by atoms with van der Waals surface area (Å²) in [4.78, 5) is 27.6. The predicted molar refractivity (Wildman–Crippen MR) is 133 cm³/mol. The van der Waals surface area contributed by atoms with E-state index in [-0.39, 0.29) is 22.6 Å². The monoisotopic (exact) mass is 485 g/mol. The van der Waals surface area contributed by atoms with Crippen LogP contribution in [0, 0.1) is 27.7 Å². The number of hydrogen-bond donors (Lipinski definition) is 1. The Morgan fingerprint density at radius 1 is 0.857 bits per heavy atom. The number of carboxylic acids is 1. The molecule has 1 N–H and O–H groups in total. The van der Waals surface area contributed by atoms with Crippen molar-refractivity contribution in [3.05, 3.63) is 45.5 Å². The van der Waals surface area contributed by atoms with Crippen LogP contribution in [-0.4, -0.2) is 62.4 Å². The maximum Gasteiger partial charge on any atom is 0.347 e. The van der Waals surface area contributed by atoms with Crippen LogP contribution in [0.25, 0.3) is 0 Å². The van der Waals surface area contributed by atoms with E-state index in [1.54, 1.807) is 46.9 Å². The highest BCUT2D eigenvalue weighted by molar-refractivity contribution is 5.98. The number of ether oxygens (including phenoxy) is 4. The summed E-state index contributed by atoms with van der Waals surface area (Å²) >= 11 is 0. The zero-order chi connectivity index (χ0) is 25.7. The number of esters is 1. The van der Waals surface area contributed by atoms with Crippen molar-refractivity contribution in [1.82, 2.24) is 4.90 Å². The van der Waals surface area contributed by atoms with Crippen LogP contribution in [0.4, 0.5) is 0 Å². The third kappa shape index (κ3) is 5.70. The summed E-state index contributed by atoms with van der Waals surface area (Å²) in [7, 11) is 3.05. The number of aryl methyl sites for hydroxylation is 2. The summed E-state index contributed by atoms with van der Waals surface area (Å²) in [6, 6.07) is 3.32. The van der Waals surface area contributed by atoms with Crippen molar-refractivity contribution in [2.45, 2.75) is 47.0 Å². The first-order valence-corrected chi connectivity index (χ1v) is 11.9. The van der Waals surface area contributed by atoms with E-state index in [1.165, 1.54) is 13.5 Å². The first kappa shape index (κ1) is 26.3. The van der Waals surface area contributed by atoms with Crippen molar-refractivity contribution in [2.24, 2.45) is 0 Å². The number of carboxylic acid groups (broad SMARTS) is 1. The maximum absolute atomic E-state index is 13.3. The van der Waals surface area contributed by atoms with Gasteiger partial charge < -0.3 is 24.1 Å². The fourth-order valence-corrected chi connectivity index (χ4v) is 4.59. The summed E-state index contributed by atoms with van der Waals surface area (Å²) in [5, 5.41) is 9.83. The molecule has 0 amide bonds. The van der Waals surface area contributed by atoms with Crippen LogP contribution in [0.2, 0.25) is 0 Å². The number of hydrogen-bond acceptors (Lipinski definition) is 7. The molecule has 0 aliphatic carbocycles. The van der Waals surface area contributed by atoms with Gasteiger partial charge in [0.1, 0.15) is 40.7 Å². The van der Waals surface area contributed by atoms with Crippen LogP contribution in [0.5, 0.6) is 23.0 Å². The SMILES string of the molecule is COc1cc(C)c(C(=O)Oc2cc(C)c(C(=O)O)c(OCCN3CCCCC3)c2C)c(OC)c1C. The minimum Gasteiger partial charge on any atom is -0.496 e. The van der Waals surface area contributed by atoms with Gasteiger partial charge in [-0.1, -0.05) is 6.42 Å². The van der Waals surface area contributed by atoms with E-state index < -0.39 is 11.9 Å². The lowest BCUT2D eigenvalue weighted by Gasteiger charge is -2.26. The molecule has 0 atom stereocenters. The van der Waals surface area contributed by atoms with Crippen LogP contribution in [0.3, 0.4) is 0 Å².